The predicted molar refractivity (Wildman–Crippen MR) is 107 cm³/mol. The van der Waals surface area contributed by atoms with Crippen molar-refractivity contribution >= 4 is 16.8 Å². The van der Waals surface area contributed by atoms with E-state index in [2.05, 4.69) is 4.98 Å². The molecule has 140 valence electrons. The summed E-state index contributed by atoms with van der Waals surface area (Å²) in [6.45, 7) is 4.90. The molecule has 0 aliphatic carbocycles. The van der Waals surface area contributed by atoms with Crippen molar-refractivity contribution in [3.63, 3.8) is 0 Å². The molecule has 2 aromatic carbocycles. The molecule has 0 fully saturated rings. The lowest BCUT2D eigenvalue weighted by Gasteiger charge is -2.21. The maximum absolute atomic E-state index is 12.5. The summed E-state index contributed by atoms with van der Waals surface area (Å²) in [5.41, 5.74) is 2.32. The van der Waals surface area contributed by atoms with Crippen LogP contribution in [0.2, 0.25) is 0 Å². The topological polar surface area (TPSA) is 62.4 Å². The van der Waals surface area contributed by atoms with Gasteiger partial charge in [0.15, 0.2) is 0 Å². The Hall–Kier alpha value is -3.08. The monoisotopic (exact) mass is 364 g/mol. The Morgan fingerprint density at radius 2 is 1.89 bits per heavy atom. The van der Waals surface area contributed by atoms with Gasteiger partial charge in [0.1, 0.15) is 5.75 Å². The van der Waals surface area contributed by atoms with Crippen LogP contribution < -0.4 is 10.3 Å². The van der Waals surface area contributed by atoms with Crippen molar-refractivity contribution in [1.29, 1.82) is 0 Å². The number of nitrogens with one attached hydrogen (secondary N) is 1. The molecule has 1 heterocycles. The predicted octanol–water partition coefficient (Wildman–Crippen LogP) is 3.52. The fourth-order valence-corrected chi connectivity index (χ4v) is 3.07. The third kappa shape index (κ3) is 4.76. The quantitative estimate of drug-likeness (QED) is 0.698. The number of benzene rings is 2. The van der Waals surface area contributed by atoms with Gasteiger partial charge in [-0.15, -0.1) is 0 Å². The highest BCUT2D eigenvalue weighted by Crippen LogP contribution is 2.19. The molecule has 1 aromatic heterocycles. The second kappa shape index (κ2) is 8.54. The zero-order chi connectivity index (χ0) is 19.2. The van der Waals surface area contributed by atoms with Crippen molar-refractivity contribution in [2.24, 2.45) is 0 Å². The van der Waals surface area contributed by atoms with Gasteiger partial charge < -0.3 is 14.6 Å². The molecule has 3 aromatic rings. The number of fused-ring (bicyclic) bond motifs is 1. The fourth-order valence-electron chi connectivity index (χ4n) is 3.07. The Kier molecular flexibility index (Phi) is 5.91. The molecule has 0 saturated carbocycles. The maximum Gasteiger partial charge on any atom is 0.253 e. The molecule has 0 saturated heterocycles. The first-order valence-electron chi connectivity index (χ1n) is 9.15. The van der Waals surface area contributed by atoms with E-state index in [4.69, 9.17) is 4.74 Å². The Balaban J connectivity index is 1.82. The van der Waals surface area contributed by atoms with E-state index in [1.807, 2.05) is 61.5 Å². The third-order valence-corrected chi connectivity index (χ3v) is 4.52. The van der Waals surface area contributed by atoms with E-state index >= 15 is 0 Å². The summed E-state index contributed by atoms with van der Waals surface area (Å²) in [5, 5.41) is 0.891. The summed E-state index contributed by atoms with van der Waals surface area (Å²) >= 11 is 0. The zero-order valence-corrected chi connectivity index (χ0v) is 15.7. The Bertz CT molecular complexity index is 980. The van der Waals surface area contributed by atoms with E-state index in [-0.39, 0.29) is 18.0 Å². The van der Waals surface area contributed by atoms with E-state index in [0.29, 0.717) is 18.7 Å². The van der Waals surface area contributed by atoms with Gasteiger partial charge in [0, 0.05) is 29.9 Å². The van der Waals surface area contributed by atoms with Crippen LogP contribution in [-0.2, 0) is 17.8 Å². The van der Waals surface area contributed by atoms with Gasteiger partial charge in [-0.05, 0) is 43.2 Å². The minimum Gasteiger partial charge on any atom is -0.494 e. The van der Waals surface area contributed by atoms with Crippen LogP contribution >= 0.6 is 0 Å². The lowest BCUT2D eigenvalue weighted by molar-refractivity contribution is -0.129. The molecule has 0 aliphatic heterocycles. The Morgan fingerprint density at radius 1 is 1.11 bits per heavy atom. The molecule has 0 atom stereocenters. The molecular weight excluding hydrogens is 340 g/mol. The SMILES string of the molecule is CCOc1ccc2[nH]c(=O)c(CN(CCc3ccccc3)C(C)=O)cc2c1. The molecule has 0 bridgehead atoms. The standard InChI is InChI=1S/C22H24N2O3/c1-3-27-20-9-10-21-18(14-20)13-19(22(26)23-21)15-24(16(2)25)12-11-17-7-5-4-6-8-17/h4-10,13-14H,3,11-12,15H2,1-2H3,(H,23,26). The van der Waals surface area contributed by atoms with Gasteiger partial charge in [0.25, 0.3) is 5.56 Å². The second-order valence-electron chi connectivity index (χ2n) is 6.48. The van der Waals surface area contributed by atoms with Gasteiger partial charge >= 0.3 is 0 Å². The van der Waals surface area contributed by atoms with Gasteiger partial charge in [0.2, 0.25) is 5.91 Å². The molecule has 0 aliphatic rings. The van der Waals surface area contributed by atoms with E-state index in [1.165, 1.54) is 6.92 Å². The number of pyridine rings is 1. The van der Waals surface area contributed by atoms with Gasteiger partial charge in [-0.25, -0.2) is 0 Å². The summed E-state index contributed by atoms with van der Waals surface area (Å²) in [4.78, 5) is 29.1. The third-order valence-electron chi connectivity index (χ3n) is 4.52. The summed E-state index contributed by atoms with van der Waals surface area (Å²) in [5.74, 6) is 0.712. The van der Waals surface area contributed by atoms with Crippen LogP contribution in [0, 0.1) is 0 Å². The van der Waals surface area contributed by atoms with Crippen LogP contribution in [0.1, 0.15) is 25.0 Å². The fraction of sp³-hybridized carbons (Fsp3) is 0.273. The molecule has 27 heavy (non-hydrogen) atoms. The summed E-state index contributed by atoms with van der Waals surface area (Å²) in [7, 11) is 0. The lowest BCUT2D eigenvalue weighted by Crippen LogP contribution is -2.32. The zero-order valence-electron chi connectivity index (χ0n) is 15.7. The number of aromatic nitrogens is 1. The van der Waals surface area contributed by atoms with Gasteiger partial charge in [0.05, 0.1) is 13.2 Å². The minimum absolute atomic E-state index is 0.0477. The smallest absolute Gasteiger partial charge is 0.253 e. The largest absolute Gasteiger partial charge is 0.494 e. The number of carbonyl (C=O) groups excluding carboxylic acids is 1. The summed E-state index contributed by atoms with van der Waals surface area (Å²) in [6, 6.07) is 17.4. The molecule has 5 heteroatoms. The number of amides is 1. The Morgan fingerprint density at radius 3 is 2.59 bits per heavy atom. The molecule has 0 unspecified atom stereocenters. The molecule has 5 nitrogen and oxygen atoms in total. The van der Waals surface area contributed by atoms with E-state index in [0.717, 1.165) is 28.6 Å². The molecule has 1 amide bonds. The van der Waals surface area contributed by atoms with Gasteiger partial charge in [-0.3, -0.25) is 9.59 Å². The van der Waals surface area contributed by atoms with Crippen molar-refractivity contribution in [3.05, 3.63) is 76.1 Å². The van der Waals surface area contributed by atoms with Gasteiger partial charge in [-0.2, -0.15) is 0 Å². The number of rotatable bonds is 7. The van der Waals surface area contributed by atoms with Crippen LogP contribution in [0.5, 0.6) is 5.75 Å². The van der Waals surface area contributed by atoms with Crippen LogP contribution in [0.4, 0.5) is 0 Å². The van der Waals surface area contributed by atoms with Crippen LogP contribution in [0.3, 0.4) is 0 Å². The normalized spacial score (nSPS) is 10.7. The highest BCUT2D eigenvalue weighted by molar-refractivity contribution is 5.80. The van der Waals surface area contributed by atoms with Crippen LogP contribution in [-0.4, -0.2) is 28.9 Å². The highest BCUT2D eigenvalue weighted by Gasteiger charge is 2.13. The molecule has 1 N–H and O–H groups in total. The number of aromatic amines is 1. The van der Waals surface area contributed by atoms with Crippen molar-refractivity contribution < 1.29 is 9.53 Å². The molecular formula is C22H24N2O3. The number of hydrogen-bond donors (Lipinski definition) is 1. The summed E-state index contributed by atoms with van der Waals surface area (Å²) in [6.07, 6.45) is 0.750. The first-order chi connectivity index (χ1) is 13.1. The second-order valence-corrected chi connectivity index (χ2v) is 6.48. The first kappa shape index (κ1) is 18.7. The van der Waals surface area contributed by atoms with Gasteiger partial charge in [-0.1, -0.05) is 30.3 Å². The lowest BCUT2D eigenvalue weighted by atomic mass is 10.1. The molecule has 0 radical (unpaired) electrons. The van der Waals surface area contributed by atoms with E-state index in [1.54, 1.807) is 4.90 Å². The van der Waals surface area contributed by atoms with Crippen molar-refractivity contribution in [2.45, 2.75) is 26.8 Å². The number of ether oxygens (including phenoxy) is 1. The van der Waals surface area contributed by atoms with Crippen molar-refractivity contribution in [1.82, 2.24) is 9.88 Å². The number of carbonyl (C=O) groups is 1. The van der Waals surface area contributed by atoms with Crippen molar-refractivity contribution in [3.8, 4) is 5.75 Å². The molecule has 3 rings (SSSR count). The Labute approximate surface area is 158 Å². The van der Waals surface area contributed by atoms with Crippen molar-refractivity contribution in [2.75, 3.05) is 13.2 Å². The first-order valence-corrected chi connectivity index (χ1v) is 9.15. The average Bonchev–Trinajstić information content (AvgIpc) is 2.66. The molecule has 0 spiro atoms. The van der Waals surface area contributed by atoms with E-state index < -0.39 is 0 Å². The number of H-pyrrole nitrogens is 1. The average molecular weight is 364 g/mol. The van der Waals surface area contributed by atoms with Crippen LogP contribution in [0.25, 0.3) is 10.9 Å². The number of nitrogens with zero attached hydrogens (tertiary/aromatic N) is 1. The highest BCUT2D eigenvalue weighted by atomic mass is 16.5. The summed E-state index contributed by atoms with van der Waals surface area (Å²) < 4.78 is 5.53. The number of hydrogen-bond acceptors (Lipinski definition) is 3. The minimum atomic E-state index is -0.169. The maximum atomic E-state index is 12.5. The van der Waals surface area contributed by atoms with E-state index in [9.17, 15) is 9.59 Å². The van der Waals surface area contributed by atoms with Crippen LogP contribution in [0.15, 0.2) is 59.4 Å².